The van der Waals surface area contributed by atoms with Gasteiger partial charge in [-0.1, -0.05) is 60.1 Å². The smallest absolute Gasteiger partial charge is 0.187 e. The minimum atomic E-state index is -1.88. The third-order valence-corrected chi connectivity index (χ3v) is 21.8. The van der Waals surface area contributed by atoms with Gasteiger partial charge in [-0.3, -0.25) is 0 Å². The molecule has 438 valence electrons. The molecule has 0 bridgehead atoms. The molecule has 8 fully saturated rings. The molecular weight excluding hydrogens is 1000 g/mol. The Labute approximate surface area is 444 Å². The maximum absolute atomic E-state index is 11.8. The molecule has 22 heteroatoms. The van der Waals surface area contributed by atoms with E-state index < -0.39 is 154 Å². The van der Waals surface area contributed by atoms with Crippen LogP contribution in [0.25, 0.3) is 0 Å². The highest BCUT2D eigenvalue weighted by atomic mass is 16.8. The number of hydrogen-bond donors (Lipinski definition) is 14. The number of fused-ring (bicyclic) bond motifs is 7. The van der Waals surface area contributed by atoms with Crippen LogP contribution in [0.3, 0.4) is 0 Å². The van der Waals surface area contributed by atoms with Gasteiger partial charge in [0, 0.05) is 5.41 Å². The highest BCUT2D eigenvalue weighted by Gasteiger charge is 2.70. The van der Waals surface area contributed by atoms with E-state index in [1.807, 2.05) is 6.92 Å². The minimum absolute atomic E-state index is 0.0742. The fourth-order valence-corrected chi connectivity index (χ4v) is 16.6. The lowest BCUT2D eigenvalue weighted by molar-refractivity contribution is -0.398. The lowest BCUT2D eigenvalue weighted by Crippen LogP contribution is -2.68. The molecule has 0 aromatic carbocycles. The Hall–Kier alpha value is -1.14. The third kappa shape index (κ3) is 9.51. The zero-order chi connectivity index (χ0) is 55.6. The molecule has 0 aromatic heterocycles. The van der Waals surface area contributed by atoms with Gasteiger partial charge in [-0.25, -0.2) is 0 Å². The summed E-state index contributed by atoms with van der Waals surface area (Å²) in [6.07, 6.45) is -23.0. The van der Waals surface area contributed by atoms with Crippen LogP contribution >= 0.6 is 0 Å². The average Bonchev–Trinajstić information content (AvgIpc) is 3.56. The Morgan fingerprint density at radius 1 is 0.500 bits per heavy atom. The largest absolute Gasteiger partial charge is 0.396 e. The second-order valence-electron chi connectivity index (χ2n) is 26.3. The Balaban J connectivity index is 0.949. The lowest BCUT2D eigenvalue weighted by atomic mass is 9.33. The number of aliphatic hydroxyl groups excluding tert-OH is 14. The fraction of sp³-hybridized carbons (Fsp3) is 0.963. The molecule has 76 heavy (non-hydrogen) atoms. The van der Waals surface area contributed by atoms with Crippen molar-refractivity contribution in [2.24, 2.45) is 50.2 Å². The average molecular weight is 1090 g/mol. The summed E-state index contributed by atoms with van der Waals surface area (Å²) in [6, 6.07) is 0. The summed E-state index contributed by atoms with van der Waals surface area (Å²) in [4.78, 5) is 0. The van der Waals surface area contributed by atoms with Crippen LogP contribution in [0.2, 0.25) is 0 Å². The zero-order valence-electron chi connectivity index (χ0n) is 45.2. The summed E-state index contributed by atoms with van der Waals surface area (Å²) in [5.74, 6) is 0.366. The van der Waals surface area contributed by atoms with E-state index in [1.165, 1.54) is 12.5 Å². The topological polar surface area (TPSA) is 357 Å². The number of aliphatic hydroxyl groups is 14. The van der Waals surface area contributed by atoms with E-state index >= 15 is 0 Å². The molecule has 9 rings (SSSR count). The molecule has 4 saturated heterocycles. The highest BCUT2D eigenvalue weighted by molar-refractivity contribution is 5.34. The van der Waals surface area contributed by atoms with E-state index in [2.05, 4.69) is 47.6 Å². The van der Waals surface area contributed by atoms with Gasteiger partial charge in [-0.05, 0) is 110 Å². The van der Waals surface area contributed by atoms with Gasteiger partial charge < -0.3 is 109 Å². The molecule has 5 aliphatic carbocycles. The molecular formula is C54H90O22. The normalized spacial score (nSPS) is 56.3. The minimum Gasteiger partial charge on any atom is -0.396 e. The van der Waals surface area contributed by atoms with E-state index in [0.29, 0.717) is 19.3 Å². The number of rotatable bonds is 12. The first-order valence-corrected chi connectivity index (χ1v) is 27.8. The summed E-state index contributed by atoms with van der Waals surface area (Å²) >= 11 is 0. The molecule has 0 unspecified atom stereocenters. The first kappa shape index (κ1) is 59.5. The van der Waals surface area contributed by atoms with Gasteiger partial charge >= 0.3 is 0 Å². The van der Waals surface area contributed by atoms with Gasteiger partial charge in [0.1, 0.15) is 91.6 Å². The van der Waals surface area contributed by atoms with E-state index in [4.69, 9.17) is 37.9 Å². The second-order valence-corrected chi connectivity index (χ2v) is 26.3. The monoisotopic (exact) mass is 1090 g/mol. The van der Waals surface area contributed by atoms with Crippen molar-refractivity contribution in [3.05, 3.63) is 11.6 Å². The Kier molecular flexibility index (Phi) is 16.9. The van der Waals surface area contributed by atoms with Crippen LogP contribution in [0.5, 0.6) is 0 Å². The SMILES string of the molecule is C[C@@H]1O[C@@H](O[C@H]2[C@H](O[C@H]3[C@H](O[C@H]4CC[C@@]5(C)[C@@H](CC[C@]6(C)[C@@H]5CC=C5[C@@H]7CC(C)(C)[C@@H](O[C@@H]8O[C@H](CO)[C@@H](O)[C@H](O)[C@H]8O)C[C@]7(C)CC[C@]56C)[C@@]4(C)CO)O[C@H](CO)[C@@H](O)[C@@H]3O)O[C@H](CO)[C@H](O)[C@@H]2O)[C@H](O)[C@H](O)[C@H]1O. The van der Waals surface area contributed by atoms with Gasteiger partial charge in [0.25, 0.3) is 0 Å². The van der Waals surface area contributed by atoms with Gasteiger partial charge in [0.15, 0.2) is 25.2 Å². The summed E-state index contributed by atoms with van der Waals surface area (Å²) in [7, 11) is 0. The Morgan fingerprint density at radius 3 is 1.57 bits per heavy atom. The predicted molar refractivity (Wildman–Crippen MR) is 263 cm³/mol. The Morgan fingerprint density at radius 2 is 1.00 bits per heavy atom. The van der Waals surface area contributed by atoms with Crippen molar-refractivity contribution in [2.45, 2.75) is 248 Å². The van der Waals surface area contributed by atoms with Crippen LogP contribution in [0, 0.1) is 50.2 Å². The van der Waals surface area contributed by atoms with Crippen molar-refractivity contribution >= 4 is 0 Å². The predicted octanol–water partition coefficient (Wildman–Crippen LogP) is -1.56. The summed E-state index contributed by atoms with van der Waals surface area (Å²) in [5.41, 5.74) is -0.566. The summed E-state index contributed by atoms with van der Waals surface area (Å²) in [6.45, 7) is 15.0. The quantitative estimate of drug-likeness (QED) is 0.0776. The fourth-order valence-electron chi connectivity index (χ4n) is 16.6. The van der Waals surface area contributed by atoms with Gasteiger partial charge in [0.2, 0.25) is 0 Å². The first-order valence-electron chi connectivity index (χ1n) is 27.8. The molecule has 4 aliphatic heterocycles. The molecule has 14 N–H and O–H groups in total. The van der Waals surface area contributed by atoms with Crippen LogP contribution in [0.4, 0.5) is 0 Å². The number of hydrogen-bond acceptors (Lipinski definition) is 22. The highest BCUT2D eigenvalue weighted by Crippen LogP contribution is 2.76. The van der Waals surface area contributed by atoms with Crippen molar-refractivity contribution < 1.29 is 109 Å². The molecule has 0 radical (unpaired) electrons. The number of ether oxygens (including phenoxy) is 8. The van der Waals surface area contributed by atoms with Crippen molar-refractivity contribution in [1.29, 1.82) is 0 Å². The van der Waals surface area contributed by atoms with E-state index in [9.17, 15) is 71.5 Å². The standard InChI is InChI=1S/C54H90O22/c1-23-33(59)37(63)41(67)45(69-23)75-44-40(66)36(62)28(21-57)72-48(44)76-43-39(65)35(61)27(20-56)71-47(43)73-31-12-13-51(5)29(52(31,6)22-58)11-14-54(8)30(51)10-9-24-25-17-49(2,3)32(18-50(25,4)15-16-53(24,54)7)74-46-42(68)38(64)34(60)26(19-55)70-46/h9,23,25-48,55-68H,10-22H2,1-8H3/t23-,25-,26+,27+,28+,29+,30+,31-,32-,33-,34+,35+,36-,37+,38-,39-,40-,41+,42+,43+,44+,45-,46-,47-,48-,50-,51-,52+,53+,54+/m0/s1. The van der Waals surface area contributed by atoms with Crippen molar-refractivity contribution in [2.75, 3.05) is 26.4 Å². The molecule has 0 amide bonds. The maximum Gasteiger partial charge on any atom is 0.187 e. The van der Waals surface area contributed by atoms with Crippen molar-refractivity contribution in [3.63, 3.8) is 0 Å². The zero-order valence-corrected chi connectivity index (χ0v) is 45.2. The van der Waals surface area contributed by atoms with E-state index in [0.717, 1.165) is 38.5 Å². The van der Waals surface area contributed by atoms with Crippen molar-refractivity contribution in [1.82, 2.24) is 0 Å². The summed E-state index contributed by atoms with van der Waals surface area (Å²) in [5, 5.41) is 151. The first-order chi connectivity index (χ1) is 35.6. The summed E-state index contributed by atoms with van der Waals surface area (Å²) < 4.78 is 49.2. The van der Waals surface area contributed by atoms with E-state index in [-0.39, 0.29) is 57.5 Å². The molecule has 30 atom stereocenters. The molecule has 0 aromatic rings. The van der Waals surface area contributed by atoms with Gasteiger partial charge in [-0.15, -0.1) is 0 Å². The van der Waals surface area contributed by atoms with Gasteiger partial charge in [-0.2, -0.15) is 0 Å². The molecule has 4 saturated carbocycles. The molecule has 0 spiro atoms. The van der Waals surface area contributed by atoms with Gasteiger partial charge in [0.05, 0.1) is 44.7 Å². The molecule has 4 heterocycles. The van der Waals surface area contributed by atoms with Crippen LogP contribution < -0.4 is 0 Å². The van der Waals surface area contributed by atoms with Crippen LogP contribution in [-0.2, 0) is 37.9 Å². The van der Waals surface area contributed by atoms with E-state index in [1.54, 1.807) is 0 Å². The van der Waals surface area contributed by atoms with Crippen LogP contribution in [-0.4, -0.2) is 233 Å². The molecule has 22 nitrogen and oxygen atoms in total. The Bertz CT molecular complexity index is 2050. The van der Waals surface area contributed by atoms with Crippen LogP contribution in [0.15, 0.2) is 11.6 Å². The van der Waals surface area contributed by atoms with Crippen LogP contribution in [0.1, 0.15) is 113 Å². The second kappa shape index (κ2) is 21.6. The third-order valence-electron chi connectivity index (χ3n) is 21.8. The number of allylic oxidation sites excluding steroid dienone is 2. The van der Waals surface area contributed by atoms with Crippen molar-refractivity contribution in [3.8, 4) is 0 Å². The lowest BCUT2D eigenvalue weighted by Gasteiger charge is -2.72. The maximum atomic E-state index is 11.8. The molecule has 9 aliphatic rings.